The standard InChI is InChI=1S/C19H13ClF3N5O3/c1-11-4-13(7-14(20)5-11)18(19(21,22)23)8-15(26-31-18)12-2-3-16(17(6-12)28(29)30)27-10-24-9-25-27/h2-7,9-10H,8H2,1H3. The molecule has 1 atom stereocenters. The molecule has 2 heterocycles. The monoisotopic (exact) mass is 451 g/mol. The van der Waals surface area contributed by atoms with E-state index in [0.29, 0.717) is 5.56 Å². The van der Waals surface area contributed by atoms with Crippen molar-refractivity contribution in [3.05, 3.63) is 80.9 Å². The molecular formula is C19H13ClF3N5O3. The third-order valence-corrected chi connectivity index (χ3v) is 5.08. The fourth-order valence-corrected chi connectivity index (χ4v) is 3.69. The molecule has 31 heavy (non-hydrogen) atoms. The van der Waals surface area contributed by atoms with Crippen LogP contribution in [-0.2, 0) is 10.4 Å². The van der Waals surface area contributed by atoms with Gasteiger partial charge < -0.3 is 4.84 Å². The molecular weight excluding hydrogens is 439 g/mol. The van der Waals surface area contributed by atoms with Crippen LogP contribution in [0.25, 0.3) is 5.69 Å². The van der Waals surface area contributed by atoms with Gasteiger partial charge in [-0.25, -0.2) is 9.67 Å². The Balaban J connectivity index is 1.76. The van der Waals surface area contributed by atoms with Crippen molar-refractivity contribution in [2.75, 3.05) is 0 Å². The molecule has 160 valence electrons. The summed E-state index contributed by atoms with van der Waals surface area (Å²) in [6.45, 7) is 1.61. The zero-order chi connectivity index (χ0) is 22.4. The van der Waals surface area contributed by atoms with E-state index in [-0.39, 0.29) is 33.2 Å². The highest BCUT2D eigenvalue weighted by atomic mass is 35.5. The Morgan fingerprint density at radius 2 is 2.03 bits per heavy atom. The van der Waals surface area contributed by atoms with Crippen LogP contribution >= 0.6 is 11.6 Å². The van der Waals surface area contributed by atoms with Crippen LogP contribution in [0.3, 0.4) is 0 Å². The van der Waals surface area contributed by atoms with Crippen molar-refractivity contribution in [3.8, 4) is 5.69 Å². The lowest BCUT2D eigenvalue weighted by Crippen LogP contribution is -2.42. The summed E-state index contributed by atoms with van der Waals surface area (Å²) in [5.41, 5.74) is -2.64. The van der Waals surface area contributed by atoms with Crippen molar-refractivity contribution in [2.45, 2.75) is 25.1 Å². The second-order valence-electron chi connectivity index (χ2n) is 6.95. The summed E-state index contributed by atoms with van der Waals surface area (Å²) < 4.78 is 43.6. The number of benzene rings is 2. The maximum Gasteiger partial charge on any atom is 0.435 e. The zero-order valence-corrected chi connectivity index (χ0v) is 16.6. The lowest BCUT2D eigenvalue weighted by molar-refractivity contribution is -0.384. The number of halogens is 4. The Kier molecular flexibility index (Phi) is 4.92. The molecule has 1 aromatic heterocycles. The molecule has 3 aromatic rings. The van der Waals surface area contributed by atoms with Gasteiger partial charge in [-0.15, -0.1) is 0 Å². The van der Waals surface area contributed by atoms with Gasteiger partial charge in [-0.3, -0.25) is 10.1 Å². The van der Waals surface area contributed by atoms with Crippen LogP contribution in [0.5, 0.6) is 0 Å². The van der Waals surface area contributed by atoms with E-state index >= 15 is 0 Å². The summed E-state index contributed by atoms with van der Waals surface area (Å²) in [5.74, 6) is 0. The van der Waals surface area contributed by atoms with E-state index < -0.39 is 23.1 Å². The predicted octanol–water partition coefficient (Wildman–Crippen LogP) is 4.72. The van der Waals surface area contributed by atoms with Crippen LogP contribution < -0.4 is 0 Å². The molecule has 12 heteroatoms. The normalized spacial score (nSPS) is 18.5. The fraction of sp³-hybridized carbons (Fsp3) is 0.211. The van der Waals surface area contributed by atoms with Gasteiger partial charge in [0.1, 0.15) is 18.3 Å². The van der Waals surface area contributed by atoms with Crippen LogP contribution in [0, 0.1) is 17.0 Å². The van der Waals surface area contributed by atoms with Crippen LogP contribution in [-0.4, -0.2) is 31.6 Å². The Hall–Kier alpha value is -3.47. The lowest BCUT2D eigenvalue weighted by Gasteiger charge is -2.29. The van der Waals surface area contributed by atoms with Crippen molar-refractivity contribution >= 4 is 23.0 Å². The van der Waals surface area contributed by atoms with Gasteiger partial charge in [0.15, 0.2) is 0 Å². The molecule has 0 N–H and O–H groups in total. The Morgan fingerprint density at radius 3 is 2.65 bits per heavy atom. The van der Waals surface area contributed by atoms with Crippen molar-refractivity contribution in [1.29, 1.82) is 0 Å². The van der Waals surface area contributed by atoms with Crippen LogP contribution in [0.4, 0.5) is 18.9 Å². The van der Waals surface area contributed by atoms with E-state index in [9.17, 15) is 23.3 Å². The number of hydrogen-bond acceptors (Lipinski definition) is 6. The van der Waals surface area contributed by atoms with Gasteiger partial charge in [-0.1, -0.05) is 28.9 Å². The average molecular weight is 452 g/mol. The van der Waals surface area contributed by atoms with Crippen molar-refractivity contribution < 1.29 is 22.9 Å². The molecule has 1 aliphatic heterocycles. The van der Waals surface area contributed by atoms with E-state index in [1.165, 1.54) is 47.7 Å². The first kappa shape index (κ1) is 20.8. The molecule has 2 aromatic carbocycles. The third kappa shape index (κ3) is 3.61. The van der Waals surface area contributed by atoms with E-state index in [1.807, 2.05) is 0 Å². The highest BCUT2D eigenvalue weighted by Gasteiger charge is 2.62. The number of oxime groups is 1. The molecule has 0 aliphatic carbocycles. The Morgan fingerprint density at radius 1 is 1.26 bits per heavy atom. The fourth-order valence-electron chi connectivity index (χ4n) is 3.40. The maximum absolute atomic E-state index is 14.1. The predicted molar refractivity (Wildman–Crippen MR) is 104 cm³/mol. The number of nitro groups is 1. The molecule has 8 nitrogen and oxygen atoms in total. The van der Waals surface area contributed by atoms with E-state index in [0.717, 1.165) is 6.07 Å². The maximum atomic E-state index is 14.1. The van der Waals surface area contributed by atoms with Crippen molar-refractivity contribution in [1.82, 2.24) is 14.8 Å². The van der Waals surface area contributed by atoms with Gasteiger partial charge in [0.25, 0.3) is 11.3 Å². The number of nitro benzene ring substituents is 1. The Bertz CT molecular complexity index is 1180. The van der Waals surface area contributed by atoms with Gasteiger partial charge in [0.05, 0.1) is 10.6 Å². The molecule has 0 fully saturated rings. The van der Waals surface area contributed by atoms with Gasteiger partial charge in [-0.2, -0.15) is 18.3 Å². The number of alkyl halides is 3. The summed E-state index contributed by atoms with van der Waals surface area (Å²) in [6.07, 6.45) is -3.01. The largest absolute Gasteiger partial charge is 0.435 e. The molecule has 1 aliphatic rings. The molecule has 1 unspecified atom stereocenters. The second kappa shape index (κ2) is 7.34. The lowest BCUT2D eigenvalue weighted by atomic mass is 9.86. The molecule has 0 spiro atoms. The highest BCUT2D eigenvalue weighted by Crippen LogP contribution is 2.49. The first-order valence-corrected chi connectivity index (χ1v) is 9.22. The number of aromatic nitrogens is 3. The third-order valence-electron chi connectivity index (χ3n) is 4.87. The highest BCUT2D eigenvalue weighted by molar-refractivity contribution is 6.30. The zero-order valence-electron chi connectivity index (χ0n) is 15.8. The molecule has 0 saturated heterocycles. The second-order valence-corrected chi connectivity index (χ2v) is 7.39. The van der Waals surface area contributed by atoms with Gasteiger partial charge in [-0.05, 0) is 30.7 Å². The van der Waals surface area contributed by atoms with Crippen LogP contribution in [0.15, 0.2) is 54.2 Å². The minimum atomic E-state index is -4.82. The quantitative estimate of drug-likeness (QED) is 0.422. The molecule has 0 amide bonds. The smallest absolute Gasteiger partial charge is 0.374 e. The minimum absolute atomic E-state index is 0.0804. The number of rotatable bonds is 4. The topological polar surface area (TPSA) is 95.4 Å². The minimum Gasteiger partial charge on any atom is -0.374 e. The number of nitrogens with zero attached hydrogens (tertiary/aromatic N) is 5. The van der Waals surface area contributed by atoms with Crippen LogP contribution in [0.2, 0.25) is 5.02 Å². The summed E-state index contributed by atoms with van der Waals surface area (Å²) in [6, 6.07) is 7.95. The summed E-state index contributed by atoms with van der Waals surface area (Å²) in [5, 5.41) is 19.2. The molecule has 4 rings (SSSR count). The molecule has 0 radical (unpaired) electrons. The Labute approximate surface area is 178 Å². The van der Waals surface area contributed by atoms with Crippen molar-refractivity contribution in [3.63, 3.8) is 0 Å². The molecule has 0 saturated carbocycles. The summed E-state index contributed by atoms with van der Waals surface area (Å²) in [4.78, 5) is 19.6. The van der Waals surface area contributed by atoms with E-state index in [1.54, 1.807) is 6.92 Å². The van der Waals surface area contributed by atoms with Gasteiger partial charge in [0.2, 0.25) is 0 Å². The number of hydrogen-bond donors (Lipinski definition) is 0. The first-order chi connectivity index (χ1) is 14.6. The SMILES string of the molecule is Cc1cc(Cl)cc(C2(C(F)(F)F)CC(c3ccc(-n4cncn4)c([N+](=O)[O-])c3)=NO2)c1. The average Bonchev–Trinajstić information content (AvgIpc) is 3.37. The number of aryl methyl sites for hydroxylation is 1. The van der Waals surface area contributed by atoms with Gasteiger partial charge >= 0.3 is 6.18 Å². The van der Waals surface area contributed by atoms with E-state index in [4.69, 9.17) is 16.4 Å². The summed E-state index contributed by atoms with van der Waals surface area (Å²) >= 11 is 5.97. The van der Waals surface area contributed by atoms with Gasteiger partial charge in [0, 0.05) is 28.6 Å². The van der Waals surface area contributed by atoms with E-state index in [2.05, 4.69) is 15.2 Å². The van der Waals surface area contributed by atoms with Crippen molar-refractivity contribution in [2.24, 2.45) is 5.16 Å². The first-order valence-electron chi connectivity index (χ1n) is 8.84. The summed E-state index contributed by atoms with van der Waals surface area (Å²) in [7, 11) is 0. The molecule has 0 bridgehead atoms. The van der Waals surface area contributed by atoms with Crippen LogP contribution in [0.1, 0.15) is 23.1 Å².